The smallest absolute Gasteiger partial charge is 0.431 e. The molecule has 0 spiro atoms. The molecule has 0 unspecified atom stereocenters. The molecule has 9 heteroatoms. The maximum absolute atomic E-state index is 12.7. The Morgan fingerprint density at radius 3 is 2.42 bits per heavy atom. The van der Waals surface area contributed by atoms with Crippen LogP contribution in [-0.2, 0) is 6.18 Å². The molecule has 1 aliphatic heterocycles. The van der Waals surface area contributed by atoms with E-state index in [4.69, 9.17) is 4.74 Å². The number of carbonyl (C=O) groups excluding carboxylic acids is 1. The topological polar surface area (TPSA) is 81.2 Å². The van der Waals surface area contributed by atoms with Crippen LogP contribution in [0.4, 0.5) is 13.2 Å². The second-order valence-electron chi connectivity index (χ2n) is 5.75. The van der Waals surface area contributed by atoms with Crippen LogP contribution in [0.15, 0.2) is 33.9 Å². The van der Waals surface area contributed by atoms with Gasteiger partial charge in [-0.15, -0.1) is 0 Å². The Kier molecular flexibility index (Phi) is 3.22. The van der Waals surface area contributed by atoms with E-state index in [-0.39, 0.29) is 28.8 Å². The predicted molar refractivity (Wildman–Crippen MR) is 76.7 cm³/mol. The van der Waals surface area contributed by atoms with Gasteiger partial charge in [-0.25, -0.2) is 9.36 Å². The number of nitrogens with one attached hydrogen (secondary N) is 1. The minimum absolute atomic E-state index is 0.0140. The quantitative estimate of drug-likeness (QED) is 0.860. The summed E-state index contributed by atoms with van der Waals surface area (Å²) in [6, 6.07) is 4.47. The number of aromatic nitrogens is 2. The molecule has 0 aliphatic carbocycles. The van der Waals surface area contributed by atoms with Gasteiger partial charge in [0.2, 0.25) is 5.78 Å². The second kappa shape index (κ2) is 4.83. The van der Waals surface area contributed by atoms with E-state index < -0.39 is 28.7 Å². The number of carbonyl (C=O) groups is 1. The number of benzene rings is 1. The number of hydrogen-bond donors (Lipinski definition) is 1. The summed E-state index contributed by atoms with van der Waals surface area (Å²) in [6.45, 7) is 3.03. The fraction of sp³-hybridized carbons (Fsp3) is 0.267. The number of ketones is 1. The van der Waals surface area contributed by atoms with Crippen molar-refractivity contribution in [3.8, 4) is 11.4 Å². The number of nitrogens with zero attached hydrogens (tertiary/aromatic N) is 1. The van der Waals surface area contributed by atoms with Crippen molar-refractivity contribution in [2.75, 3.05) is 0 Å². The molecule has 0 saturated carbocycles. The van der Waals surface area contributed by atoms with E-state index in [0.29, 0.717) is 4.57 Å². The third-order valence-corrected chi connectivity index (χ3v) is 3.62. The van der Waals surface area contributed by atoms with Gasteiger partial charge in [0.1, 0.15) is 5.69 Å². The number of ether oxygens (including phenoxy) is 1. The Bertz CT molecular complexity index is 939. The van der Waals surface area contributed by atoms with Crippen LogP contribution in [0, 0.1) is 0 Å². The summed E-state index contributed by atoms with van der Waals surface area (Å²) in [6.07, 6.45) is -4.86. The highest BCUT2D eigenvalue weighted by atomic mass is 19.4. The normalized spacial score (nSPS) is 16.0. The molecule has 6 nitrogen and oxygen atoms in total. The molecule has 1 aromatic carbocycles. The predicted octanol–water partition coefficient (Wildman–Crippen LogP) is 1.90. The maximum atomic E-state index is 12.7. The van der Waals surface area contributed by atoms with Crippen molar-refractivity contribution in [3.63, 3.8) is 0 Å². The van der Waals surface area contributed by atoms with E-state index in [1.807, 2.05) is 0 Å². The summed E-state index contributed by atoms with van der Waals surface area (Å²) in [7, 11) is 0. The summed E-state index contributed by atoms with van der Waals surface area (Å²) in [4.78, 5) is 37.9. The first-order valence-electron chi connectivity index (χ1n) is 6.83. The second-order valence-corrected chi connectivity index (χ2v) is 5.75. The monoisotopic (exact) mass is 340 g/mol. The molecule has 1 N–H and O–H groups in total. The molecule has 2 aromatic rings. The summed E-state index contributed by atoms with van der Waals surface area (Å²) < 4.78 is 44.0. The van der Waals surface area contributed by atoms with Gasteiger partial charge < -0.3 is 9.72 Å². The molecule has 1 aliphatic rings. The van der Waals surface area contributed by atoms with Crippen molar-refractivity contribution in [1.82, 2.24) is 9.55 Å². The zero-order valence-corrected chi connectivity index (χ0v) is 12.5. The fourth-order valence-corrected chi connectivity index (χ4v) is 2.49. The minimum Gasteiger partial charge on any atom is -0.477 e. The van der Waals surface area contributed by atoms with Crippen LogP contribution >= 0.6 is 0 Å². The van der Waals surface area contributed by atoms with Crippen molar-refractivity contribution in [2.45, 2.75) is 25.6 Å². The summed E-state index contributed by atoms with van der Waals surface area (Å²) in [5, 5.41) is 0. The molecule has 0 bridgehead atoms. The lowest BCUT2D eigenvalue weighted by atomic mass is 10.00. The average Bonchev–Trinajstić information content (AvgIpc) is 2.68. The lowest BCUT2D eigenvalue weighted by Crippen LogP contribution is -2.36. The number of alkyl halides is 3. The fourth-order valence-electron chi connectivity index (χ4n) is 2.49. The third kappa shape index (κ3) is 2.32. The lowest BCUT2D eigenvalue weighted by Gasteiger charge is -2.17. The van der Waals surface area contributed by atoms with E-state index in [1.165, 1.54) is 32.0 Å². The Morgan fingerprint density at radius 1 is 1.17 bits per heavy atom. The van der Waals surface area contributed by atoms with Gasteiger partial charge in [0, 0.05) is 6.07 Å². The van der Waals surface area contributed by atoms with Crippen LogP contribution in [0.3, 0.4) is 0 Å². The highest BCUT2D eigenvalue weighted by Gasteiger charge is 2.41. The molecule has 0 atom stereocenters. The summed E-state index contributed by atoms with van der Waals surface area (Å²) in [5.74, 6) is -0.365. The summed E-state index contributed by atoms with van der Waals surface area (Å²) in [5.41, 5.74) is -5.03. The van der Waals surface area contributed by atoms with Gasteiger partial charge in [-0.1, -0.05) is 6.07 Å². The molecule has 126 valence electrons. The highest BCUT2D eigenvalue weighted by molar-refractivity contribution is 6.07. The molecule has 0 fully saturated rings. The molecule has 0 amide bonds. The first-order chi connectivity index (χ1) is 11.0. The van der Waals surface area contributed by atoms with Crippen molar-refractivity contribution < 1.29 is 22.7 Å². The Balaban J connectivity index is 2.26. The number of para-hydroxylation sites is 1. The lowest BCUT2D eigenvalue weighted by molar-refractivity contribution is -0.141. The van der Waals surface area contributed by atoms with E-state index >= 15 is 0 Å². The molecular formula is C15H11F3N2O4. The molecule has 24 heavy (non-hydrogen) atoms. The van der Waals surface area contributed by atoms with Crippen LogP contribution < -0.4 is 16.0 Å². The van der Waals surface area contributed by atoms with E-state index in [9.17, 15) is 27.6 Å². The summed E-state index contributed by atoms with van der Waals surface area (Å²) >= 11 is 0. The van der Waals surface area contributed by atoms with Gasteiger partial charge >= 0.3 is 11.9 Å². The number of fused-ring (bicyclic) bond motifs is 1. The highest BCUT2D eigenvalue weighted by Crippen LogP contribution is 2.38. The van der Waals surface area contributed by atoms with Crippen molar-refractivity contribution in [2.24, 2.45) is 0 Å². The average molecular weight is 340 g/mol. The van der Waals surface area contributed by atoms with Crippen molar-refractivity contribution in [3.05, 3.63) is 56.4 Å². The van der Waals surface area contributed by atoms with E-state index in [1.54, 1.807) is 4.98 Å². The first kappa shape index (κ1) is 16.0. The number of hydrogen-bond acceptors (Lipinski definition) is 4. The van der Waals surface area contributed by atoms with Crippen LogP contribution in [-0.4, -0.2) is 20.9 Å². The Labute approximate surface area is 132 Å². The van der Waals surface area contributed by atoms with Crippen molar-refractivity contribution >= 4 is 5.78 Å². The number of rotatable bonds is 1. The number of aromatic amines is 1. The molecular weight excluding hydrogens is 329 g/mol. The molecule has 2 heterocycles. The largest absolute Gasteiger partial charge is 0.477 e. The van der Waals surface area contributed by atoms with Gasteiger partial charge in [-0.05, 0) is 26.0 Å². The standard InChI is InChI=1S/C15H11F3N2O4/c1-14(2)12(22)7-4-3-5-8(11(7)24-14)20-10(21)6-9(15(16,17)18)19-13(20)23/h3-6H,1-2H3,(H,19,23). The first-order valence-corrected chi connectivity index (χ1v) is 6.83. The SMILES string of the molecule is CC1(C)Oc2c(cccc2-n2c(=O)cc(C(F)(F)F)[nH]c2=O)C1=O. The van der Waals surface area contributed by atoms with Gasteiger partial charge in [0.05, 0.1) is 11.3 Å². The number of halogens is 3. The van der Waals surface area contributed by atoms with E-state index in [2.05, 4.69) is 0 Å². The zero-order chi connectivity index (χ0) is 17.9. The maximum Gasteiger partial charge on any atom is 0.431 e. The third-order valence-electron chi connectivity index (χ3n) is 3.62. The number of Topliss-reactive ketones (excluding diaryl/α,β-unsaturated/α-hetero) is 1. The van der Waals surface area contributed by atoms with Gasteiger partial charge in [0.25, 0.3) is 5.56 Å². The van der Waals surface area contributed by atoms with Crippen LogP contribution in [0.25, 0.3) is 5.69 Å². The Morgan fingerprint density at radius 2 is 1.83 bits per heavy atom. The molecule has 0 saturated heterocycles. The zero-order valence-electron chi connectivity index (χ0n) is 12.5. The molecule has 0 radical (unpaired) electrons. The van der Waals surface area contributed by atoms with Crippen LogP contribution in [0.1, 0.15) is 29.9 Å². The van der Waals surface area contributed by atoms with Gasteiger partial charge in [-0.3, -0.25) is 9.59 Å². The van der Waals surface area contributed by atoms with E-state index in [0.717, 1.165) is 0 Å². The van der Waals surface area contributed by atoms with Crippen molar-refractivity contribution in [1.29, 1.82) is 0 Å². The van der Waals surface area contributed by atoms with Gasteiger partial charge in [-0.2, -0.15) is 13.2 Å². The molecule has 1 aromatic heterocycles. The Hall–Kier alpha value is -2.84. The van der Waals surface area contributed by atoms with Gasteiger partial charge in [0.15, 0.2) is 11.4 Å². The van der Waals surface area contributed by atoms with Crippen LogP contribution in [0.5, 0.6) is 5.75 Å². The number of H-pyrrole nitrogens is 1. The van der Waals surface area contributed by atoms with Crippen LogP contribution in [0.2, 0.25) is 0 Å². The minimum atomic E-state index is -4.86. The molecule has 3 rings (SSSR count).